The average Bonchev–Trinajstić information content (AvgIpc) is 3.17. The molecule has 0 saturated heterocycles. The summed E-state index contributed by atoms with van der Waals surface area (Å²) in [4.78, 5) is 28.3. The molecular formula is C24H33N3O5. The zero-order valence-electron chi connectivity index (χ0n) is 18.8. The van der Waals surface area contributed by atoms with Crippen LogP contribution in [0.2, 0.25) is 0 Å². The Morgan fingerprint density at radius 2 is 2.06 bits per heavy atom. The minimum atomic E-state index is -0.588. The molecule has 0 amide bonds. The highest BCUT2D eigenvalue weighted by molar-refractivity contribution is 5.90. The van der Waals surface area contributed by atoms with Crippen molar-refractivity contribution in [3.05, 3.63) is 45.5 Å². The number of nitrogen functional groups attached to an aromatic ring is 1. The predicted molar refractivity (Wildman–Crippen MR) is 119 cm³/mol. The second-order valence-electron chi connectivity index (χ2n) is 9.90. The number of esters is 1. The maximum Gasteiger partial charge on any atom is 0.349 e. The number of nitrogens with two attached hydrogens (primary N) is 1. The number of nitrogens with zero attached hydrogens (tertiary/aromatic N) is 2. The predicted octanol–water partition coefficient (Wildman–Crippen LogP) is 1.96. The first-order valence-corrected chi connectivity index (χ1v) is 11.4. The van der Waals surface area contributed by atoms with E-state index in [1.54, 1.807) is 16.8 Å². The Labute approximate surface area is 187 Å². The van der Waals surface area contributed by atoms with E-state index in [1.807, 2.05) is 13.0 Å². The van der Waals surface area contributed by atoms with Gasteiger partial charge in [-0.25, -0.2) is 9.59 Å². The quantitative estimate of drug-likeness (QED) is 0.453. The minimum absolute atomic E-state index is 0.0736. The summed E-state index contributed by atoms with van der Waals surface area (Å²) in [6.45, 7) is 4.87. The van der Waals surface area contributed by atoms with Crippen LogP contribution in [0.25, 0.3) is 0 Å². The SMILES string of the molecule is C[C@@]1(CO)[C@H](O)CC[C@@]2(C)C(CCC3=CCOC3=O)=C(Cn3ccc(N)nc3=O)CC[C@H]12. The summed E-state index contributed by atoms with van der Waals surface area (Å²) in [5.74, 6) is 0.0407. The van der Waals surface area contributed by atoms with E-state index in [0.717, 1.165) is 19.3 Å². The van der Waals surface area contributed by atoms with Crippen LogP contribution < -0.4 is 11.4 Å². The number of fused-ring (bicyclic) bond motifs is 1. The van der Waals surface area contributed by atoms with E-state index >= 15 is 0 Å². The molecule has 0 unspecified atom stereocenters. The van der Waals surface area contributed by atoms with Crippen LogP contribution >= 0.6 is 0 Å². The van der Waals surface area contributed by atoms with Crippen LogP contribution in [-0.4, -0.2) is 45.1 Å². The summed E-state index contributed by atoms with van der Waals surface area (Å²) in [6, 6.07) is 1.62. The highest BCUT2D eigenvalue weighted by Crippen LogP contribution is 2.60. The Bertz CT molecular complexity index is 1030. The molecule has 1 saturated carbocycles. The topological polar surface area (TPSA) is 128 Å². The van der Waals surface area contributed by atoms with Crippen LogP contribution in [0.3, 0.4) is 0 Å². The van der Waals surface area contributed by atoms with Crippen LogP contribution in [0, 0.1) is 16.7 Å². The first-order chi connectivity index (χ1) is 15.2. The first kappa shape index (κ1) is 22.7. The summed E-state index contributed by atoms with van der Waals surface area (Å²) < 4.78 is 6.64. The van der Waals surface area contributed by atoms with Crippen molar-refractivity contribution in [3.8, 4) is 0 Å². The third-order valence-corrected chi connectivity index (χ3v) is 8.16. The number of rotatable bonds is 6. The number of ether oxygens (including phenoxy) is 1. The molecule has 1 fully saturated rings. The molecule has 174 valence electrons. The molecule has 0 aromatic carbocycles. The second kappa shape index (κ2) is 8.48. The van der Waals surface area contributed by atoms with Gasteiger partial charge in [-0.2, -0.15) is 4.98 Å². The number of cyclic esters (lactones) is 1. The third kappa shape index (κ3) is 3.79. The maximum absolute atomic E-state index is 12.4. The number of aromatic nitrogens is 2. The van der Waals surface area contributed by atoms with Gasteiger partial charge in [0.15, 0.2) is 0 Å². The lowest BCUT2D eigenvalue weighted by Crippen LogP contribution is -2.55. The number of carbonyl (C=O) groups is 1. The van der Waals surface area contributed by atoms with E-state index in [-0.39, 0.29) is 35.4 Å². The second-order valence-corrected chi connectivity index (χ2v) is 9.90. The van der Waals surface area contributed by atoms with Crippen molar-refractivity contribution >= 4 is 11.8 Å². The summed E-state index contributed by atoms with van der Waals surface area (Å²) in [7, 11) is 0. The van der Waals surface area contributed by atoms with Crippen LogP contribution in [-0.2, 0) is 16.1 Å². The molecule has 2 aliphatic carbocycles. The summed E-state index contributed by atoms with van der Waals surface area (Å²) in [6.07, 6.45) is 7.20. The molecule has 0 radical (unpaired) electrons. The van der Waals surface area contributed by atoms with Crippen molar-refractivity contribution in [3.63, 3.8) is 0 Å². The van der Waals surface area contributed by atoms with Crippen molar-refractivity contribution in [2.24, 2.45) is 16.7 Å². The van der Waals surface area contributed by atoms with Crippen molar-refractivity contribution in [1.82, 2.24) is 9.55 Å². The largest absolute Gasteiger partial charge is 0.458 e. The summed E-state index contributed by atoms with van der Waals surface area (Å²) in [5, 5.41) is 21.0. The van der Waals surface area contributed by atoms with Gasteiger partial charge in [0.05, 0.1) is 12.7 Å². The van der Waals surface area contributed by atoms with Crippen LogP contribution in [0.1, 0.15) is 52.4 Å². The Balaban J connectivity index is 1.73. The molecule has 4 atom stereocenters. The van der Waals surface area contributed by atoms with E-state index < -0.39 is 11.5 Å². The highest BCUT2D eigenvalue weighted by atomic mass is 16.5. The van der Waals surface area contributed by atoms with E-state index in [1.165, 1.54) is 11.1 Å². The molecule has 0 bridgehead atoms. The first-order valence-electron chi connectivity index (χ1n) is 11.4. The molecule has 8 heteroatoms. The summed E-state index contributed by atoms with van der Waals surface area (Å²) in [5.41, 5.74) is 7.52. The average molecular weight is 444 g/mol. The van der Waals surface area contributed by atoms with Gasteiger partial charge in [0.2, 0.25) is 0 Å². The maximum atomic E-state index is 12.4. The smallest absolute Gasteiger partial charge is 0.349 e. The standard InChI is InChI=1S/C24H33N3O5/c1-23-10-7-19(29)24(2,14-28)18(23)6-4-16(13-27-11-8-20(25)26-22(27)31)17(23)5-3-15-9-12-32-21(15)30/h8-9,11,18-19,28-29H,3-7,10,12-14H2,1-2H3,(H2,25,26,31)/t18-,19+,23-,24-/m0/s1. The van der Waals surface area contributed by atoms with Crippen molar-refractivity contribution in [2.45, 2.75) is 65.0 Å². The fourth-order valence-corrected chi connectivity index (χ4v) is 6.26. The highest BCUT2D eigenvalue weighted by Gasteiger charge is 2.55. The Morgan fingerprint density at radius 1 is 1.28 bits per heavy atom. The zero-order chi connectivity index (χ0) is 23.1. The molecule has 4 N–H and O–H groups in total. The fourth-order valence-electron chi connectivity index (χ4n) is 6.26. The van der Waals surface area contributed by atoms with E-state index in [0.29, 0.717) is 38.0 Å². The van der Waals surface area contributed by atoms with Gasteiger partial charge in [0.25, 0.3) is 0 Å². The number of aliphatic hydroxyl groups excluding tert-OH is 2. The monoisotopic (exact) mass is 443 g/mol. The third-order valence-electron chi connectivity index (χ3n) is 8.16. The normalized spacial score (nSPS) is 32.5. The van der Waals surface area contributed by atoms with Crippen molar-refractivity contribution in [1.29, 1.82) is 0 Å². The van der Waals surface area contributed by atoms with Crippen LogP contribution in [0.4, 0.5) is 5.82 Å². The van der Waals surface area contributed by atoms with Crippen molar-refractivity contribution in [2.75, 3.05) is 18.9 Å². The molecule has 1 aromatic rings. The van der Waals surface area contributed by atoms with E-state index in [9.17, 15) is 19.8 Å². The van der Waals surface area contributed by atoms with E-state index in [2.05, 4.69) is 11.9 Å². The number of carbonyl (C=O) groups excluding carboxylic acids is 1. The number of hydrogen-bond donors (Lipinski definition) is 3. The fraction of sp³-hybridized carbons (Fsp3) is 0.625. The number of hydrogen-bond acceptors (Lipinski definition) is 7. The Kier molecular flexibility index (Phi) is 6.02. The summed E-state index contributed by atoms with van der Waals surface area (Å²) >= 11 is 0. The number of allylic oxidation sites excluding steroid dienone is 2. The van der Waals surface area contributed by atoms with Gasteiger partial charge >= 0.3 is 11.7 Å². The molecule has 1 aromatic heterocycles. The number of anilines is 1. The number of aliphatic hydroxyl groups is 2. The van der Waals surface area contributed by atoms with Crippen molar-refractivity contribution < 1.29 is 19.7 Å². The molecule has 8 nitrogen and oxygen atoms in total. The van der Waals surface area contributed by atoms with Crippen LogP contribution in [0.15, 0.2) is 39.9 Å². The van der Waals surface area contributed by atoms with Gasteiger partial charge < -0.3 is 20.7 Å². The minimum Gasteiger partial charge on any atom is -0.458 e. The van der Waals surface area contributed by atoms with Gasteiger partial charge in [-0.05, 0) is 62.0 Å². The molecular weight excluding hydrogens is 410 g/mol. The van der Waals surface area contributed by atoms with Gasteiger partial charge in [0, 0.05) is 23.7 Å². The molecule has 3 aliphatic rings. The molecule has 0 spiro atoms. The van der Waals surface area contributed by atoms with Crippen LogP contribution in [0.5, 0.6) is 0 Å². The molecule has 32 heavy (non-hydrogen) atoms. The molecule has 4 rings (SSSR count). The molecule has 2 heterocycles. The lowest BCUT2D eigenvalue weighted by molar-refractivity contribution is -0.136. The zero-order valence-corrected chi connectivity index (χ0v) is 18.8. The van der Waals surface area contributed by atoms with Gasteiger partial charge in [-0.15, -0.1) is 0 Å². The van der Waals surface area contributed by atoms with E-state index in [4.69, 9.17) is 10.5 Å². The van der Waals surface area contributed by atoms with Gasteiger partial charge in [-0.1, -0.05) is 25.0 Å². The van der Waals surface area contributed by atoms with Gasteiger partial charge in [0.1, 0.15) is 12.4 Å². The molecule has 1 aliphatic heterocycles. The van der Waals surface area contributed by atoms with Gasteiger partial charge in [-0.3, -0.25) is 4.57 Å². The lowest BCUT2D eigenvalue weighted by Gasteiger charge is -2.57. The Morgan fingerprint density at radius 3 is 2.72 bits per heavy atom. The lowest BCUT2D eigenvalue weighted by atomic mass is 9.48. The Hall–Kier alpha value is -2.45.